The molecular weight excluding hydrogens is 458 g/mol. The highest BCUT2D eigenvalue weighted by Gasteiger charge is 2.33. The monoisotopic (exact) mass is 487 g/mol. The molecule has 0 fully saturated rings. The fourth-order valence-electron chi connectivity index (χ4n) is 4.87. The maximum Gasteiger partial charge on any atom is 0.336 e. The summed E-state index contributed by atoms with van der Waals surface area (Å²) in [6, 6.07) is 13.6. The summed E-state index contributed by atoms with van der Waals surface area (Å²) in [6.07, 6.45) is 0.649. The molecule has 0 spiro atoms. The van der Waals surface area contributed by atoms with Crippen molar-refractivity contribution in [1.29, 1.82) is 0 Å². The van der Waals surface area contributed by atoms with E-state index in [1.165, 1.54) is 30.3 Å². The van der Waals surface area contributed by atoms with E-state index in [9.17, 15) is 24.6 Å². The highest BCUT2D eigenvalue weighted by atomic mass is 16.4. The first kappa shape index (κ1) is 25.0. The van der Waals surface area contributed by atoms with E-state index in [4.69, 9.17) is 4.42 Å². The third-order valence-corrected chi connectivity index (χ3v) is 6.04. The average molecular weight is 488 g/mol. The molecule has 2 aromatic rings. The van der Waals surface area contributed by atoms with E-state index >= 15 is 0 Å². The van der Waals surface area contributed by atoms with E-state index in [-0.39, 0.29) is 33.8 Å². The van der Waals surface area contributed by atoms with Gasteiger partial charge in [0.1, 0.15) is 17.1 Å². The lowest BCUT2D eigenvalue weighted by Crippen LogP contribution is -2.34. The Morgan fingerprint density at radius 3 is 2.28 bits per heavy atom. The maximum atomic E-state index is 13.0. The molecule has 2 aliphatic rings. The van der Waals surface area contributed by atoms with Gasteiger partial charge in [-0.25, -0.2) is 4.79 Å². The Labute approximate surface area is 208 Å². The van der Waals surface area contributed by atoms with E-state index in [1.807, 2.05) is 13.8 Å². The topological polar surface area (TPSA) is 117 Å². The van der Waals surface area contributed by atoms with Crippen molar-refractivity contribution in [2.75, 3.05) is 5.32 Å². The number of benzene rings is 3. The fourth-order valence-corrected chi connectivity index (χ4v) is 4.87. The van der Waals surface area contributed by atoms with Crippen LogP contribution in [0, 0.1) is 10.8 Å². The summed E-state index contributed by atoms with van der Waals surface area (Å²) in [6.45, 7) is 9.93. The van der Waals surface area contributed by atoms with Crippen LogP contribution in [0.15, 0.2) is 63.8 Å². The van der Waals surface area contributed by atoms with E-state index in [2.05, 4.69) is 26.1 Å². The molecule has 7 heteroatoms. The summed E-state index contributed by atoms with van der Waals surface area (Å²) in [7, 11) is 0. The molecule has 0 unspecified atom stereocenters. The second kappa shape index (κ2) is 8.82. The second-order valence-electron chi connectivity index (χ2n) is 11.0. The van der Waals surface area contributed by atoms with Crippen LogP contribution in [0.25, 0.3) is 33.4 Å². The van der Waals surface area contributed by atoms with Gasteiger partial charge in [0.15, 0.2) is 5.43 Å². The van der Waals surface area contributed by atoms with Crippen LogP contribution < -0.4 is 10.7 Å². The van der Waals surface area contributed by atoms with Gasteiger partial charge in [0.05, 0.1) is 5.56 Å². The molecular formula is C29H29NO6. The molecule has 0 saturated heterocycles. The van der Waals surface area contributed by atoms with Crippen molar-refractivity contribution in [2.45, 2.75) is 41.0 Å². The molecule has 0 bridgehead atoms. The van der Waals surface area contributed by atoms with E-state index in [1.54, 1.807) is 24.3 Å². The van der Waals surface area contributed by atoms with Crippen LogP contribution in [-0.2, 0) is 4.79 Å². The lowest BCUT2D eigenvalue weighted by molar-refractivity contribution is -0.125. The van der Waals surface area contributed by atoms with Gasteiger partial charge in [-0.15, -0.1) is 0 Å². The molecule has 7 nitrogen and oxygen atoms in total. The summed E-state index contributed by atoms with van der Waals surface area (Å²) in [5, 5.41) is 23.5. The first-order chi connectivity index (χ1) is 16.7. The van der Waals surface area contributed by atoms with Crippen molar-refractivity contribution in [3.05, 3.63) is 70.4 Å². The summed E-state index contributed by atoms with van der Waals surface area (Å²) < 4.78 is 5.86. The maximum absolute atomic E-state index is 13.0. The van der Waals surface area contributed by atoms with Gasteiger partial charge in [0.25, 0.3) is 0 Å². The number of carboxylic acid groups (broad SMARTS) is 1. The molecule has 0 saturated carbocycles. The van der Waals surface area contributed by atoms with Crippen LogP contribution >= 0.6 is 0 Å². The second-order valence-corrected chi connectivity index (χ2v) is 11.0. The minimum absolute atomic E-state index is 0.0190. The number of anilines is 1. The molecule has 1 heterocycles. The quantitative estimate of drug-likeness (QED) is 0.282. The number of nitrogens with one attached hydrogen (secondary N) is 1. The van der Waals surface area contributed by atoms with Gasteiger partial charge in [-0.05, 0) is 53.8 Å². The molecule has 0 atom stereocenters. The van der Waals surface area contributed by atoms with Crippen LogP contribution in [0.2, 0.25) is 0 Å². The third kappa shape index (κ3) is 4.96. The zero-order valence-corrected chi connectivity index (χ0v) is 20.9. The largest absolute Gasteiger partial charge is 0.508 e. The summed E-state index contributed by atoms with van der Waals surface area (Å²) in [4.78, 5) is 37.4. The van der Waals surface area contributed by atoms with Gasteiger partial charge in [0, 0.05) is 39.7 Å². The van der Waals surface area contributed by atoms with Crippen molar-refractivity contribution in [3.8, 4) is 28.2 Å². The number of phenolic OH excluding ortho intramolecular Hbond substituents is 1. The fraction of sp³-hybridized carbons (Fsp3) is 0.276. The summed E-state index contributed by atoms with van der Waals surface area (Å²) in [5.41, 5.74) is 1.18. The van der Waals surface area contributed by atoms with E-state index < -0.39 is 11.4 Å². The van der Waals surface area contributed by atoms with Gasteiger partial charge < -0.3 is 19.9 Å². The minimum atomic E-state index is -1.17. The zero-order valence-electron chi connectivity index (χ0n) is 20.9. The number of phenols is 1. The first-order valence-electron chi connectivity index (χ1n) is 11.6. The Kier molecular flexibility index (Phi) is 6.12. The normalized spacial score (nSPS) is 12.1. The first-order valence-corrected chi connectivity index (χ1v) is 11.6. The van der Waals surface area contributed by atoms with Gasteiger partial charge in [-0.2, -0.15) is 0 Å². The number of carbonyl (C=O) groups is 2. The molecule has 36 heavy (non-hydrogen) atoms. The smallest absolute Gasteiger partial charge is 0.336 e. The lowest BCUT2D eigenvalue weighted by Gasteiger charge is -2.31. The highest BCUT2D eigenvalue weighted by Crippen LogP contribution is 2.42. The number of fused-ring (bicyclic) bond motifs is 2. The molecule has 3 N–H and O–H groups in total. The average Bonchev–Trinajstić information content (AvgIpc) is 2.75. The molecule has 1 amide bonds. The number of rotatable bonds is 5. The number of hydrogen-bond donors (Lipinski definition) is 3. The van der Waals surface area contributed by atoms with Crippen LogP contribution in [0.5, 0.6) is 5.75 Å². The van der Waals surface area contributed by atoms with E-state index in [0.29, 0.717) is 39.8 Å². The van der Waals surface area contributed by atoms with Crippen LogP contribution in [0.3, 0.4) is 0 Å². The molecule has 0 radical (unpaired) electrons. The van der Waals surface area contributed by atoms with Gasteiger partial charge >= 0.3 is 5.97 Å². The standard InChI is InChI=1S/C29H29NO6/c1-28(2,3)15-29(4,5)27(35)30-16-6-9-19(22(12-16)26(33)34)25-20-10-7-17(31)13-23(20)36-24-14-18(32)8-11-21(24)25/h6-14,31H,15H2,1-5H3,(H,30,35)(H,33,34). The van der Waals surface area contributed by atoms with Crippen molar-refractivity contribution in [3.63, 3.8) is 0 Å². The number of hydrogen-bond acceptors (Lipinski definition) is 5. The molecule has 2 aromatic carbocycles. The van der Waals surface area contributed by atoms with Crippen LogP contribution in [0.4, 0.5) is 5.69 Å². The Hall–Kier alpha value is -4.13. The van der Waals surface area contributed by atoms with Gasteiger partial charge in [-0.1, -0.05) is 40.7 Å². The minimum Gasteiger partial charge on any atom is -0.508 e. The Bertz CT molecular complexity index is 1520. The number of aromatic carboxylic acids is 1. The highest BCUT2D eigenvalue weighted by molar-refractivity contribution is 6.08. The van der Waals surface area contributed by atoms with E-state index in [0.717, 1.165) is 0 Å². The number of carboxylic acids is 1. The Morgan fingerprint density at radius 2 is 1.61 bits per heavy atom. The predicted molar refractivity (Wildman–Crippen MR) is 140 cm³/mol. The summed E-state index contributed by atoms with van der Waals surface area (Å²) >= 11 is 0. The van der Waals surface area contributed by atoms with Crippen molar-refractivity contribution >= 4 is 28.5 Å². The molecule has 1 aliphatic heterocycles. The lowest BCUT2D eigenvalue weighted by atomic mass is 9.75. The predicted octanol–water partition coefficient (Wildman–Crippen LogP) is 6.37. The molecule has 0 aromatic heterocycles. The van der Waals surface area contributed by atoms with Crippen molar-refractivity contribution in [1.82, 2.24) is 0 Å². The zero-order chi connectivity index (χ0) is 26.4. The SMILES string of the molecule is CC(C)(C)CC(C)(C)C(=O)Nc1ccc(-c2c3ccc(=O)cc-3oc3cc(O)ccc23)c(C(=O)O)c1. The van der Waals surface area contributed by atoms with Crippen molar-refractivity contribution < 1.29 is 24.2 Å². The Balaban J connectivity index is 1.87. The van der Waals surface area contributed by atoms with Crippen molar-refractivity contribution in [2.24, 2.45) is 10.8 Å². The third-order valence-electron chi connectivity index (χ3n) is 6.04. The molecule has 4 rings (SSSR count). The Morgan fingerprint density at radius 1 is 0.917 bits per heavy atom. The number of carbonyl (C=O) groups excluding carboxylic acids is 1. The summed E-state index contributed by atoms with van der Waals surface area (Å²) in [5.74, 6) is -1.12. The number of aromatic hydroxyl groups is 1. The molecule has 186 valence electrons. The van der Waals surface area contributed by atoms with Gasteiger partial charge in [-0.3, -0.25) is 9.59 Å². The molecule has 1 aliphatic carbocycles. The van der Waals surface area contributed by atoms with Gasteiger partial charge in [0.2, 0.25) is 5.91 Å². The number of amides is 1. The van der Waals surface area contributed by atoms with Crippen LogP contribution in [0.1, 0.15) is 51.4 Å². The van der Waals surface area contributed by atoms with Crippen LogP contribution in [-0.4, -0.2) is 22.1 Å².